The second-order valence-corrected chi connectivity index (χ2v) is 12.7. The molecule has 2 fully saturated rings. The summed E-state index contributed by atoms with van der Waals surface area (Å²) in [6.45, 7) is 7.71. The highest BCUT2D eigenvalue weighted by Gasteiger charge is 2.35. The second-order valence-electron chi connectivity index (χ2n) is 12.7. The van der Waals surface area contributed by atoms with Crippen molar-refractivity contribution in [3.63, 3.8) is 0 Å². The first-order chi connectivity index (χ1) is 22.1. The van der Waals surface area contributed by atoms with Gasteiger partial charge in [-0.15, -0.1) is 0 Å². The van der Waals surface area contributed by atoms with Gasteiger partial charge in [-0.1, -0.05) is 43.2 Å². The Morgan fingerprint density at radius 3 is 2.58 bits per heavy atom. The molecule has 9 heteroatoms. The van der Waals surface area contributed by atoms with Gasteiger partial charge in [-0.2, -0.15) is 0 Å². The highest BCUT2D eigenvalue weighted by molar-refractivity contribution is 5.76. The summed E-state index contributed by atoms with van der Waals surface area (Å²) in [4.78, 5) is 15.3. The molecule has 45 heavy (non-hydrogen) atoms. The maximum Gasteiger partial charge on any atom is 0.220 e. The Bertz CT molecular complexity index is 1170. The molecule has 1 aliphatic carbocycles. The van der Waals surface area contributed by atoms with Gasteiger partial charge in [-0.05, 0) is 59.9 Å². The van der Waals surface area contributed by atoms with Crippen LogP contribution in [0.2, 0.25) is 0 Å². The van der Waals surface area contributed by atoms with Crippen LogP contribution in [0, 0.1) is 11.8 Å². The van der Waals surface area contributed by atoms with Gasteiger partial charge in [0.05, 0.1) is 44.8 Å². The van der Waals surface area contributed by atoms with Crippen LogP contribution in [0.4, 0.5) is 5.69 Å². The third-order valence-corrected chi connectivity index (χ3v) is 9.46. The van der Waals surface area contributed by atoms with Crippen molar-refractivity contribution in [2.24, 2.45) is 11.8 Å². The molecule has 2 N–H and O–H groups in total. The van der Waals surface area contributed by atoms with Gasteiger partial charge in [0.2, 0.25) is 5.91 Å². The first-order valence-corrected chi connectivity index (χ1v) is 16.9. The highest BCUT2D eigenvalue weighted by atomic mass is 16.5. The van der Waals surface area contributed by atoms with Crippen LogP contribution in [0.15, 0.2) is 42.5 Å². The molecule has 1 saturated carbocycles. The number of benzene rings is 2. The van der Waals surface area contributed by atoms with Crippen LogP contribution in [-0.4, -0.2) is 85.4 Å². The minimum absolute atomic E-state index is 0.0376. The number of nitrogens with zero attached hydrogens (tertiary/aromatic N) is 1. The largest absolute Gasteiger partial charge is 0.490 e. The number of hydrogen-bond acceptors (Lipinski definition) is 8. The monoisotopic (exact) mass is 623 g/mol. The number of hydrogen-bond donors (Lipinski definition) is 2. The van der Waals surface area contributed by atoms with Crippen molar-refractivity contribution in [3.8, 4) is 5.75 Å². The maximum atomic E-state index is 12.9. The minimum atomic E-state index is -0.0376. The number of nitrogens with one attached hydrogen (secondary N) is 2. The number of fused-ring (bicyclic) bond motifs is 1. The van der Waals surface area contributed by atoms with Gasteiger partial charge in [0.1, 0.15) is 12.4 Å². The Balaban J connectivity index is 1.26. The van der Waals surface area contributed by atoms with Gasteiger partial charge in [-0.25, -0.2) is 0 Å². The van der Waals surface area contributed by atoms with E-state index in [0.717, 1.165) is 61.8 Å². The molecule has 9 nitrogen and oxygen atoms in total. The summed E-state index contributed by atoms with van der Waals surface area (Å²) in [7, 11) is 3.43. The first kappa shape index (κ1) is 33.7. The number of amides is 1. The molecule has 5 rings (SSSR count). The molecule has 248 valence electrons. The van der Waals surface area contributed by atoms with E-state index in [2.05, 4.69) is 58.0 Å². The first-order valence-electron chi connectivity index (χ1n) is 16.9. The standard InChI is InChI=1S/C36H53N3O6/c1-41-16-5-14-39-15-17-44-33-13-10-29(20-32(33)39)26-45-34-24-37-22-31(23-38-35(40)21-27-6-3-4-7-27)36(34)30-11-8-28(9-12-30)25-43-19-18-42-2/h8-13,20,27,31,34,36-37H,3-7,14-19,21-26H2,1-2H3,(H,38,40)/t31-,34-,36-/m0/s1. The fourth-order valence-electron chi connectivity index (χ4n) is 7.02. The molecule has 2 aromatic rings. The van der Waals surface area contributed by atoms with Crippen molar-refractivity contribution in [1.82, 2.24) is 10.6 Å². The Kier molecular flexibility index (Phi) is 13.4. The molecule has 2 heterocycles. The number of piperidine rings is 1. The zero-order chi connectivity index (χ0) is 31.3. The number of ether oxygens (including phenoxy) is 5. The van der Waals surface area contributed by atoms with Gasteiger partial charge < -0.3 is 39.2 Å². The molecule has 1 saturated heterocycles. The van der Waals surface area contributed by atoms with Crippen LogP contribution in [-0.2, 0) is 37.0 Å². The normalized spacial score (nSPS) is 21.8. The molecule has 0 bridgehead atoms. The van der Waals surface area contributed by atoms with E-state index < -0.39 is 0 Å². The van der Waals surface area contributed by atoms with Crippen LogP contribution in [0.25, 0.3) is 0 Å². The van der Waals surface area contributed by atoms with Crippen molar-refractivity contribution >= 4 is 11.6 Å². The van der Waals surface area contributed by atoms with Crippen LogP contribution in [0.5, 0.6) is 5.75 Å². The molecule has 0 radical (unpaired) electrons. The second kappa shape index (κ2) is 17.9. The molecule has 3 atom stereocenters. The lowest BCUT2D eigenvalue weighted by molar-refractivity contribution is -0.122. The number of carbonyl (C=O) groups is 1. The summed E-state index contributed by atoms with van der Waals surface area (Å²) < 4.78 is 28.8. The number of anilines is 1. The Morgan fingerprint density at radius 2 is 1.78 bits per heavy atom. The SMILES string of the molecule is COCCCN1CCOc2ccc(CO[C@H]3CNC[C@@H](CNC(=O)CC4CCCC4)[C@@H]3c3ccc(COCCOC)cc3)cc21. The summed E-state index contributed by atoms with van der Waals surface area (Å²) >= 11 is 0. The summed E-state index contributed by atoms with van der Waals surface area (Å²) in [5.74, 6) is 2.01. The summed E-state index contributed by atoms with van der Waals surface area (Å²) in [5, 5.41) is 6.90. The molecule has 2 aliphatic heterocycles. The minimum Gasteiger partial charge on any atom is -0.490 e. The Morgan fingerprint density at radius 1 is 0.978 bits per heavy atom. The fraction of sp³-hybridized carbons (Fsp3) is 0.639. The van der Waals surface area contributed by atoms with Gasteiger partial charge in [0.15, 0.2) is 0 Å². The van der Waals surface area contributed by atoms with Crippen LogP contribution in [0.3, 0.4) is 0 Å². The van der Waals surface area contributed by atoms with Gasteiger partial charge in [-0.3, -0.25) is 4.79 Å². The zero-order valence-electron chi connectivity index (χ0n) is 27.3. The Hall–Kier alpha value is -2.69. The third kappa shape index (κ3) is 9.90. The number of methoxy groups -OCH3 is 2. The zero-order valence-corrected chi connectivity index (χ0v) is 27.3. The van der Waals surface area contributed by atoms with Crippen molar-refractivity contribution in [2.75, 3.05) is 78.3 Å². The fourth-order valence-corrected chi connectivity index (χ4v) is 7.02. The topological polar surface area (TPSA) is 90.5 Å². The predicted molar refractivity (Wildman–Crippen MR) is 176 cm³/mol. The van der Waals surface area contributed by atoms with Gasteiger partial charge in [0.25, 0.3) is 0 Å². The van der Waals surface area contributed by atoms with E-state index in [0.29, 0.717) is 51.9 Å². The third-order valence-electron chi connectivity index (χ3n) is 9.46. The van der Waals surface area contributed by atoms with Crippen molar-refractivity contribution in [2.45, 2.75) is 63.8 Å². The molecular formula is C36H53N3O6. The molecule has 0 spiro atoms. The smallest absolute Gasteiger partial charge is 0.220 e. The summed E-state index contributed by atoms with van der Waals surface area (Å²) in [6, 6.07) is 15.1. The van der Waals surface area contributed by atoms with E-state index in [1.165, 1.54) is 31.2 Å². The van der Waals surface area contributed by atoms with Crippen molar-refractivity contribution in [3.05, 3.63) is 59.2 Å². The van der Waals surface area contributed by atoms with E-state index in [1.54, 1.807) is 14.2 Å². The average Bonchev–Trinajstić information content (AvgIpc) is 3.58. The summed E-state index contributed by atoms with van der Waals surface area (Å²) in [6.07, 6.45) is 6.44. The average molecular weight is 624 g/mol. The molecule has 0 unspecified atom stereocenters. The van der Waals surface area contributed by atoms with E-state index in [1.807, 2.05) is 0 Å². The molecule has 0 aromatic heterocycles. The van der Waals surface area contributed by atoms with Crippen LogP contribution >= 0.6 is 0 Å². The van der Waals surface area contributed by atoms with Crippen LogP contribution in [0.1, 0.15) is 61.1 Å². The van der Waals surface area contributed by atoms with E-state index in [9.17, 15) is 4.79 Å². The lowest BCUT2D eigenvalue weighted by Gasteiger charge is -2.39. The number of rotatable bonds is 17. The quantitative estimate of drug-likeness (QED) is 0.246. The number of carbonyl (C=O) groups excluding carboxylic acids is 1. The molecule has 3 aliphatic rings. The van der Waals surface area contributed by atoms with E-state index in [-0.39, 0.29) is 23.8 Å². The van der Waals surface area contributed by atoms with E-state index >= 15 is 0 Å². The van der Waals surface area contributed by atoms with Crippen LogP contribution < -0.4 is 20.3 Å². The highest BCUT2D eigenvalue weighted by Crippen LogP contribution is 2.36. The van der Waals surface area contributed by atoms with E-state index in [4.69, 9.17) is 23.7 Å². The maximum absolute atomic E-state index is 12.9. The van der Waals surface area contributed by atoms with Gasteiger partial charge in [0, 0.05) is 59.3 Å². The Labute approximate surface area is 269 Å². The van der Waals surface area contributed by atoms with Gasteiger partial charge >= 0.3 is 0 Å². The lowest BCUT2D eigenvalue weighted by atomic mass is 9.78. The molecule has 1 amide bonds. The predicted octanol–water partition coefficient (Wildman–Crippen LogP) is 4.67. The van der Waals surface area contributed by atoms with Crippen molar-refractivity contribution < 1.29 is 28.5 Å². The molecule has 2 aromatic carbocycles. The lowest BCUT2D eigenvalue weighted by Crippen LogP contribution is -2.50. The van der Waals surface area contributed by atoms with Crippen molar-refractivity contribution in [1.29, 1.82) is 0 Å². The summed E-state index contributed by atoms with van der Waals surface area (Å²) in [5.41, 5.74) is 4.63. The molecular weight excluding hydrogens is 570 g/mol.